The number of fused-ring (bicyclic) bond motifs is 1. The molecule has 25 heavy (non-hydrogen) atoms. The van der Waals surface area contributed by atoms with Crippen LogP contribution in [0.15, 0.2) is 67.1 Å². The van der Waals surface area contributed by atoms with Crippen molar-refractivity contribution in [1.82, 2.24) is 19.7 Å². The summed E-state index contributed by atoms with van der Waals surface area (Å²) in [6.07, 6.45) is 4.92. The van der Waals surface area contributed by atoms with Gasteiger partial charge in [-0.05, 0) is 42.8 Å². The molecule has 122 valence electrons. The number of amides is 1. The van der Waals surface area contributed by atoms with Crippen LogP contribution >= 0.6 is 0 Å². The lowest BCUT2D eigenvalue weighted by molar-refractivity contribution is 0.102. The highest BCUT2D eigenvalue weighted by atomic mass is 16.1. The quantitative estimate of drug-likeness (QED) is 0.625. The number of hydrogen-bond acceptors (Lipinski definition) is 4. The van der Waals surface area contributed by atoms with Crippen LogP contribution in [0.4, 0.5) is 5.82 Å². The fraction of sp³-hybridized carbons (Fsp3) is 0.0526. The van der Waals surface area contributed by atoms with E-state index in [1.54, 1.807) is 29.3 Å². The van der Waals surface area contributed by atoms with Gasteiger partial charge in [-0.3, -0.25) is 4.79 Å². The van der Waals surface area contributed by atoms with Gasteiger partial charge in [-0.15, -0.1) is 0 Å². The highest BCUT2D eigenvalue weighted by Crippen LogP contribution is 2.15. The molecule has 4 aromatic rings. The van der Waals surface area contributed by atoms with Crippen LogP contribution in [0, 0.1) is 6.92 Å². The van der Waals surface area contributed by atoms with Crippen molar-refractivity contribution in [3.8, 4) is 5.69 Å². The monoisotopic (exact) mass is 329 g/mol. The molecule has 0 fully saturated rings. The van der Waals surface area contributed by atoms with Crippen LogP contribution in [0.25, 0.3) is 16.7 Å². The second kappa shape index (κ2) is 6.16. The van der Waals surface area contributed by atoms with Crippen molar-refractivity contribution in [2.75, 3.05) is 5.32 Å². The summed E-state index contributed by atoms with van der Waals surface area (Å²) in [5.74, 6) is 0.197. The maximum absolute atomic E-state index is 12.5. The summed E-state index contributed by atoms with van der Waals surface area (Å²) < 4.78 is 1.69. The van der Waals surface area contributed by atoms with Crippen LogP contribution in [-0.4, -0.2) is 25.7 Å². The Labute approximate surface area is 144 Å². The summed E-state index contributed by atoms with van der Waals surface area (Å²) >= 11 is 0. The normalized spacial score (nSPS) is 10.8. The van der Waals surface area contributed by atoms with Gasteiger partial charge in [0.25, 0.3) is 5.91 Å². The third-order valence-electron chi connectivity index (χ3n) is 3.91. The molecule has 1 N–H and O–H groups in total. The Morgan fingerprint density at radius 2 is 1.96 bits per heavy atom. The van der Waals surface area contributed by atoms with E-state index in [2.05, 4.69) is 20.4 Å². The summed E-state index contributed by atoms with van der Waals surface area (Å²) in [7, 11) is 0. The number of hydrogen-bond donors (Lipinski definition) is 1. The summed E-state index contributed by atoms with van der Waals surface area (Å²) in [5.41, 5.74) is 3.08. The molecule has 3 aromatic heterocycles. The standard InChI is InChI=1S/C19H15N5O/c1-13-5-2-3-7-16(13)24-12-15(11-21-24)19(25)23-17-9-8-14-6-4-10-20-18(14)22-17/h2-12H,1H3,(H,20,22,23,25). The summed E-state index contributed by atoms with van der Waals surface area (Å²) in [6, 6.07) is 15.3. The third kappa shape index (κ3) is 2.97. The number of nitrogens with zero attached hydrogens (tertiary/aromatic N) is 4. The van der Waals surface area contributed by atoms with Gasteiger partial charge in [-0.1, -0.05) is 18.2 Å². The van der Waals surface area contributed by atoms with Crippen molar-refractivity contribution in [3.63, 3.8) is 0 Å². The fourth-order valence-corrected chi connectivity index (χ4v) is 2.60. The van der Waals surface area contributed by atoms with E-state index in [0.29, 0.717) is 17.0 Å². The molecule has 6 heteroatoms. The van der Waals surface area contributed by atoms with Gasteiger partial charge in [0.1, 0.15) is 5.82 Å². The number of carbonyl (C=O) groups excluding carboxylic acids is 1. The highest BCUT2D eigenvalue weighted by Gasteiger charge is 2.11. The summed E-state index contributed by atoms with van der Waals surface area (Å²) in [4.78, 5) is 21.0. The summed E-state index contributed by atoms with van der Waals surface area (Å²) in [6.45, 7) is 2.00. The van der Waals surface area contributed by atoms with E-state index in [9.17, 15) is 4.79 Å². The minimum Gasteiger partial charge on any atom is -0.306 e. The van der Waals surface area contributed by atoms with Gasteiger partial charge in [-0.2, -0.15) is 5.10 Å². The second-order valence-electron chi connectivity index (χ2n) is 5.66. The van der Waals surface area contributed by atoms with E-state index in [-0.39, 0.29) is 5.91 Å². The van der Waals surface area contributed by atoms with Gasteiger partial charge in [-0.25, -0.2) is 14.6 Å². The average molecular weight is 329 g/mol. The molecule has 0 unspecified atom stereocenters. The zero-order valence-electron chi connectivity index (χ0n) is 13.5. The largest absolute Gasteiger partial charge is 0.306 e. The molecule has 4 rings (SSSR count). The zero-order chi connectivity index (χ0) is 17.2. The first-order chi connectivity index (χ1) is 12.2. The zero-order valence-corrected chi connectivity index (χ0v) is 13.5. The van der Waals surface area contributed by atoms with Crippen molar-refractivity contribution < 1.29 is 4.79 Å². The van der Waals surface area contributed by atoms with Crippen molar-refractivity contribution >= 4 is 22.8 Å². The lowest BCUT2D eigenvalue weighted by atomic mass is 10.2. The van der Waals surface area contributed by atoms with E-state index < -0.39 is 0 Å². The number of pyridine rings is 2. The highest BCUT2D eigenvalue weighted by molar-refractivity contribution is 6.03. The molecular formula is C19H15N5O. The molecule has 6 nitrogen and oxygen atoms in total. The number of benzene rings is 1. The number of nitrogens with one attached hydrogen (secondary N) is 1. The van der Waals surface area contributed by atoms with Crippen molar-refractivity contribution in [1.29, 1.82) is 0 Å². The maximum Gasteiger partial charge on any atom is 0.260 e. The average Bonchev–Trinajstić information content (AvgIpc) is 3.12. The predicted molar refractivity (Wildman–Crippen MR) is 95.8 cm³/mol. The van der Waals surface area contributed by atoms with E-state index in [1.165, 1.54) is 0 Å². The molecule has 0 aliphatic carbocycles. The van der Waals surface area contributed by atoms with Gasteiger partial charge in [0, 0.05) is 17.8 Å². The number of rotatable bonds is 3. The minimum absolute atomic E-state index is 0.261. The lowest BCUT2D eigenvalue weighted by Gasteiger charge is -2.05. The number of para-hydroxylation sites is 1. The Bertz CT molecular complexity index is 1070. The lowest BCUT2D eigenvalue weighted by Crippen LogP contribution is -2.12. The van der Waals surface area contributed by atoms with Gasteiger partial charge in [0.2, 0.25) is 0 Å². The molecule has 0 bridgehead atoms. The first kappa shape index (κ1) is 15.0. The van der Waals surface area contributed by atoms with Gasteiger partial charge < -0.3 is 5.32 Å². The Kier molecular flexibility index (Phi) is 3.70. The Morgan fingerprint density at radius 3 is 2.84 bits per heavy atom. The van der Waals surface area contributed by atoms with Crippen LogP contribution in [-0.2, 0) is 0 Å². The molecule has 0 saturated carbocycles. The van der Waals surface area contributed by atoms with E-state index in [0.717, 1.165) is 16.6 Å². The number of anilines is 1. The summed E-state index contributed by atoms with van der Waals surface area (Å²) in [5, 5.41) is 7.99. The Morgan fingerprint density at radius 1 is 1.08 bits per heavy atom. The molecule has 0 aliphatic heterocycles. The van der Waals surface area contributed by atoms with E-state index >= 15 is 0 Å². The van der Waals surface area contributed by atoms with Gasteiger partial charge >= 0.3 is 0 Å². The molecule has 0 saturated heterocycles. The molecule has 3 heterocycles. The Hall–Kier alpha value is -3.54. The van der Waals surface area contributed by atoms with E-state index in [1.807, 2.05) is 49.4 Å². The molecule has 0 spiro atoms. The molecular weight excluding hydrogens is 314 g/mol. The van der Waals surface area contributed by atoms with Crippen molar-refractivity contribution in [3.05, 3.63) is 78.2 Å². The first-order valence-electron chi connectivity index (χ1n) is 7.84. The maximum atomic E-state index is 12.5. The van der Waals surface area contributed by atoms with Crippen LogP contribution in [0.2, 0.25) is 0 Å². The minimum atomic E-state index is -0.261. The molecule has 0 radical (unpaired) electrons. The van der Waals surface area contributed by atoms with Gasteiger partial charge in [0.05, 0.1) is 17.4 Å². The molecule has 1 aromatic carbocycles. The molecule has 1 amide bonds. The number of aryl methyl sites for hydroxylation is 1. The van der Waals surface area contributed by atoms with Crippen molar-refractivity contribution in [2.24, 2.45) is 0 Å². The van der Waals surface area contributed by atoms with Crippen LogP contribution < -0.4 is 5.32 Å². The number of aromatic nitrogens is 4. The third-order valence-corrected chi connectivity index (χ3v) is 3.91. The Balaban J connectivity index is 1.58. The van der Waals surface area contributed by atoms with Crippen LogP contribution in [0.1, 0.15) is 15.9 Å². The fourth-order valence-electron chi connectivity index (χ4n) is 2.60. The second-order valence-corrected chi connectivity index (χ2v) is 5.66. The van der Waals surface area contributed by atoms with Gasteiger partial charge in [0.15, 0.2) is 5.65 Å². The predicted octanol–water partition coefficient (Wildman–Crippen LogP) is 3.38. The smallest absolute Gasteiger partial charge is 0.260 e. The SMILES string of the molecule is Cc1ccccc1-n1cc(C(=O)Nc2ccc3cccnc3n2)cn1. The molecule has 0 aliphatic rings. The van der Waals surface area contributed by atoms with Crippen LogP contribution in [0.5, 0.6) is 0 Å². The first-order valence-corrected chi connectivity index (χ1v) is 7.84. The number of carbonyl (C=O) groups is 1. The van der Waals surface area contributed by atoms with Crippen molar-refractivity contribution in [2.45, 2.75) is 6.92 Å². The van der Waals surface area contributed by atoms with Crippen LogP contribution in [0.3, 0.4) is 0 Å². The van der Waals surface area contributed by atoms with E-state index in [4.69, 9.17) is 0 Å². The molecule has 0 atom stereocenters. The topological polar surface area (TPSA) is 72.7 Å².